The third kappa shape index (κ3) is 4.05. The first-order valence-electron chi connectivity index (χ1n) is 9.04. The molecule has 1 aliphatic heterocycles. The predicted molar refractivity (Wildman–Crippen MR) is 109 cm³/mol. The van der Waals surface area contributed by atoms with Crippen molar-refractivity contribution in [3.8, 4) is 0 Å². The number of aromatic nitrogens is 2. The van der Waals surface area contributed by atoms with E-state index < -0.39 is 0 Å². The highest BCUT2D eigenvalue weighted by Gasteiger charge is 2.23. The SMILES string of the molecule is Cc1ccccc1N1CCN(Cc2[nH]c(=O)[nH]c2C(=O)c2ccco2)CC1.Cl. The maximum absolute atomic E-state index is 12.5. The first kappa shape index (κ1) is 20.0. The van der Waals surface area contributed by atoms with Crippen LogP contribution in [0.2, 0.25) is 0 Å². The molecule has 0 unspecified atom stereocenters. The average Bonchev–Trinajstić information content (AvgIpc) is 3.32. The topological polar surface area (TPSA) is 85.3 Å². The van der Waals surface area contributed by atoms with E-state index in [1.807, 2.05) is 0 Å². The van der Waals surface area contributed by atoms with Gasteiger partial charge in [-0.1, -0.05) is 18.2 Å². The lowest BCUT2D eigenvalue weighted by Gasteiger charge is -2.36. The molecular formula is C20H23ClN4O3. The van der Waals surface area contributed by atoms with Crippen molar-refractivity contribution < 1.29 is 9.21 Å². The molecule has 148 valence electrons. The third-order valence-electron chi connectivity index (χ3n) is 4.99. The second kappa shape index (κ2) is 8.50. The number of imidazole rings is 1. The van der Waals surface area contributed by atoms with E-state index in [9.17, 15) is 9.59 Å². The van der Waals surface area contributed by atoms with Crippen molar-refractivity contribution in [3.63, 3.8) is 0 Å². The van der Waals surface area contributed by atoms with Crippen LogP contribution in [0.5, 0.6) is 0 Å². The van der Waals surface area contributed by atoms with Crippen LogP contribution in [0, 0.1) is 6.92 Å². The maximum Gasteiger partial charge on any atom is 0.323 e. The number of piperazine rings is 1. The molecule has 0 radical (unpaired) electrons. The number of aryl methyl sites for hydroxylation is 1. The molecule has 4 rings (SSSR count). The van der Waals surface area contributed by atoms with Gasteiger partial charge in [0.05, 0.1) is 12.0 Å². The van der Waals surface area contributed by atoms with Crippen LogP contribution >= 0.6 is 12.4 Å². The second-order valence-corrected chi connectivity index (χ2v) is 6.79. The minimum absolute atomic E-state index is 0. The Kier molecular flexibility index (Phi) is 6.06. The van der Waals surface area contributed by atoms with Gasteiger partial charge in [-0.3, -0.25) is 9.69 Å². The predicted octanol–water partition coefficient (Wildman–Crippen LogP) is 2.58. The van der Waals surface area contributed by atoms with E-state index in [4.69, 9.17) is 4.42 Å². The molecule has 1 fully saturated rings. The quantitative estimate of drug-likeness (QED) is 0.641. The zero-order valence-corrected chi connectivity index (χ0v) is 16.4. The van der Waals surface area contributed by atoms with Crippen molar-refractivity contribution in [2.45, 2.75) is 13.5 Å². The molecule has 0 atom stereocenters. The van der Waals surface area contributed by atoms with Gasteiger partial charge in [0, 0.05) is 38.4 Å². The van der Waals surface area contributed by atoms with Gasteiger partial charge in [-0.25, -0.2) is 4.79 Å². The highest BCUT2D eigenvalue weighted by Crippen LogP contribution is 2.21. The molecule has 3 heterocycles. The molecule has 2 N–H and O–H groups in total. The number of para-hydroxylation sites is 1. The van der Waals surface area contributed by atoms with Gasteiger partial charge in [0.1, 0.15) is 5.69 Å². The molecule has 7 nitrogen and oxygen atoms in total. The molecule has 1 aliphatic rings. The molecule has 1 aromatic carbocycles. The Bertz CT molecular complexity index is 985. The number of carbonyl (C=O) groups is 1. The zero-order valence-electron chi connectivity index (χ0n) is 15.6. The first-order valence-corrected chi connectivity index (χ1v) is 9.04. The summed E-state index contributed by atoms with van der Waals surface area (Å²) in [6.45, 7) is 6.16. The van der Waals surface area contributed by atoms with E-state index in [1.165, 1.54) is 17.5 Å². The van der Waals surface area contributed by atoms with E-state index in [1.54, 1.807) is 12.1 Å². The molecule has 1 saturated heterocycles. The Morgan fingerprint density at radius 3 is 2.50 bits per heavy atom. The number of hydrogen-bond acceptors (Lipinski definition) is 5. The number of nitrogens with zero attached hydrogens (tertiary/aromatic N) is 2. The van der Waals surface area contributed by atoms with Gasteiger partial charge in [0.15, 0.2) is 5.76 Å². The molecule has 0 amide bonds. The van der Waals surface area contributed by atoms with Gasteiger partial charge in [-0.15, -0.1) is 12.4 Å². The van der Waals surface area contributed by atoms with Crippen LogP contribution in [0.4, 0.5) is 5.69 Å². The lowest BCUT2D eigenvalue weighted by Crippen LogP contribution is -2.46. The monoisotopic (exact) mass is 402 g/mol. The van der Waals surface area contributed by atoms with E-state index in [0.717, 1.165) is 26.2 Å². The normalized spacial score (nSPS) is 14.7. The fourth-order valence-electron chi connectivity index (χ4n) is 3.55. The third-order valence-corrected chi connectivity index (χ3v) is 4.99. The molecule has 2 aromatic heterocycles. The number of halogens is 1. The van der Waals surface area contributed by atoms with Crippen molar-refractivity contribution in [1.29, 1.82) is 0 Å². The number of rotatable bonds is 5. The summed E-state index contributed by atoms with van der Waals surface area (Å²) >= 11 is 0. The summed E-state index contributed by atoms with van der Waals surface area (Å²) in [6.07, 6.45) is 1.45. The van der Waals surface area contributed by atoms with Crippen molar-refractivity contribution >= 4 is 23.9 Å². The van der Waals surface area contributed by atoms with Crippen molar-refractivity contribution in [3.05, 3.63) is 75.9 Å². The van der Waals surface area contributed by atoms with Gasteiger partial charge in [-0.2, -0.15) is 0 Å². The minimum atomic E-state index is -0.376. The Labute approximate surface area is 168 Å². The van der Waals surface area contributed by atoms with E-state index >= 15 is 0 Å². The number of ketones is 1. The van der Waals surface area contributed by atoms with Crippen LogP contribution in [-0.2, 0) is 6.54 Å². The molecule has 0 spiro atoms. The number of H-pyrrole nitrogens is 2. The van der Waals surface area contributed by atoms with Gasteiger partial charge < -0.3 is 19.3 Å². The molecule has 0 bridgehead atoms. The van der Waals surface area contributed by atoms with Crippen molar-refractivity contribution in [2.24, 2.45) is 0 Å². The largest absolute Gasteiger partial charge is 0.461 e. The van der Waals surface area contributed by atoms with Gasteiger partial charge in [-0.05, 0) is 30.7 Å². The fourth-order valence-corrected chi connectivity index (χ4v) is 3.55. The van der Waals surface area contributed by atoms with Gasteiger partial charge >= 0.3 is 5.69 Å². The number of hydrogen-bond donors (Lipinski definition) is 2. The summed E-state index contributed by atoms with van der Waals surface area (Å²) < 4.78 is 5.17. The van der Waals surface area contributed by atoms with Crippen LogP contribution < -0.4 is 10.6 Å². The first-order chi connectivity index (χ1) is 13.1. The Morgan fingerprint density at radius 2 is 1.82 bits per heavy atom. The Morgan fingerprint density at radius 1 is 1.07 bits per heavy atom. The highest BCUT2D eigenvalue weighted by atomic mass is 35.5. The number of aromatic amines is 2. The van der Waals surface area contributed by atoms with Crippen LogP contribution in [-0.4, -0.2) is 46.8 Å². The summed E-state index contributed by atoms with van der Waals surface area (Å²) in [5.74, 6) is -0.0947. The van der Waals surface area contributed by atoms with E-state index in [0.29, 0.717) is 12.2 Å². The van der Waals surface area contributed by atoms with Crippen LogP contribution in [0.15, 0.2) is 51.9 Å². The fraction of sp³-hybridized carbons (Fsp3) is 0.300. The molecular weight excluding hydrogens is 380 g/mol. The average molecular weight is 403 g/mol. The Hall–Kier alpha value is -2.77. The number of carbonyl (C=O) groups excluding carboxylic acids is 1. The lowest BCUT2D eigenvalue weighted by molar-refractivity contribution is 0.100. The van der Waals surface area contributed by atoms with Crippen LogP contribution in [0.3, 0.4) is 0 Å². The number of furan rings is 1. The zero-order chi connectivity index (χ0) is 18.8. The summed E-state index contributed by atoms with van der Waals surface area (Å²) in [5.41, 5.74) is 3.04. The highest BCUT2D eigenvalue weighted by molar-refractivity contribution is 6.06. The van der Waals surface area contributed by atoms with Crippen LogP contribution in [0.25, 0.3) is 0 Å². The number of anilines is 1. The molecule has 0 aliphatic carbocycles. The number of benzene rings is 1. The molecule has 28 heavy (non-hydrogen) atoms. The summed E-state index contributed by atoms with van der Waals surface area (Å²) in [7, 11) is 0. The standard InChI is InChI=1S/C20H22N4O3.ClH/c1-14-5-2-3-6-16(14)24-10-8-23(9-11-24)13-15-18(22-20(26)21-15)19(25)17-7-4-12-27-17;/h2-7,12H,8-11,13H2,1H3,(H2,21,22,26);1H. The number of nitrogens with one attached hydrogen (secondary N) is 2. The van der Waals surface area contributed by atoms with Crippen LogP contribution in [0.1, 0.15) is 27.5 Å². The molecule has 8 heteroatoms. The maximum atomic E-state index is 12.5. The summed E-state index contributed by atoms with van der Waals surface area (Å²) in [6, 6.07) is 11.6. The van der Waals surface area contributed by atoms with Crippen molar-refractivity contribution in [2.75, 3.05) is 31.1 Å². The lowest BCUT2D eigenvalue weighted by atomic mass is 10.1. The van der Waals surface area contributed by atoms with E-state index in [2.05, 4.69) is 51.0 Å². The summed E-state index contributed by atoms with van der Waals surface area (Å²) in [4.78, 5) is 34.3. The smallest absolute Gasteiger partial charge is 0.323 e. The Balaban J connectivity index is 0.00000225. The van der Waals surface area contributed by atoms with E-state index in [-0.39, 0.29) is 35.3 Å². The minimum Gasteiger partial charge on any atom is -0.461 e. The second-order valence-electron chi connectivity index (χ2n) is 6.79. The summed E-state index contributed by atoms with van der Waals surface area (Å²) in [5, 5.41) is 0. The molecule has 3 aromatic rings. The van der Waals surface area contributed by atoms with Gasteiger partial charge in [0.25, 0.3) is 0 Å². The van der Waals surface area contributed by atoms with Crippen molar-refractivity contribution in [1.82, 2.24) is 14.9 Å². The van der Waals surface area contributed by atoms with Gasteiger partial charge in [0.2, 0.25) is 5.78 Å². The molecule has 0 saturated carbocycles.